The van der Waals surface area contributed by atoms with Crippen LogP contribution in [0, 0.1) is 6.92 Å². The molecule has 1 N–H and O–H groups in total. The van der Waals surface area contributed by atoms with E-state index >= 15 is 0 Å². The van der Waals surface area contributed by atoms with Crippen molar-refractivity contribution in [3.8, 4) is 5.75 Å². The fraction of sp³-hybridized carbons (Fsp3) is 0.385. The summed E-state index contributed by atoms with van der Waals surface area (Å²) >= 11 is 0. The lowest BCUT2D eigenvalue weighted by Crippen LogP contribution is -2.14. The van der Waals surface area contributed by atoms with Crippen LogP contribution in [0.2, 0.25) is 0 Å². The van der Waals surface area contributed by atoms with Crippen molar-refractivity contribution in [2.45, 2.75) is 20.3 Å². The highest BCUT2D eigenvalue weighted by Gasteiger charge is 2.17. The molecule has 0 atom stereocenters. The van der Waals surface area contributed by atoms with Gasteiger partial charge in [0.1, 0.15) is 12.4 Å². The van der Waals surface area contributed by atoms with Gasteiger partial charge in [-0.1, -0.05) is 12.1 Å². The van der Waals surface area contributed by atoms with Crippen LogP contribution in [-0.4, -0.2) is 67.8 Å². The SMILES string of the molecule is CCOCCOCCOCCOc1ccc(C(=O)n2c(C)cc3c(CC(=O)O)cccc32)cc1. The molecule has 0 bridgehead atoms. The van der Waals surface area contributed by atoms with Crippen LogP contribution in [0.1, 0.15) is 28.5 Å². The summed E-state index contributed by atoms with van der Waals surface area (Å²) in [6, 6.07) is 14.2. The van der Waals surface area contributed by atoms with Gasteiger partial charge in [0, 0.05) is 23.3 Å². The Hall–Kier alpha value is -3.20. The summed E-state index contributed by atoms with van der Waals surface area (Å²) < 4.78 is 23.3. The number of benzene rings is 2. The van der Waals surface area contributed by atoms with Crippen LogP contribution in [0.15, 0.2) is 48.5 Å². The van der Waals surface area contributed by atoms with Crippen molar-refractivity contribution in [2.75, 3.05) is 46.2 Å². The summed E-state index contributed by atoms with van der Waals surface area (Å²) in [5.41, 5.74) is 2.64. The fourth-order valence-electron chi connectivity index (χ4n) is 3.64. The third-order valence-corrected chi connectivity index (χ3v) is 5.21. The summed E-state index contributed by atoms with van der Waals surface area (Å²) in [5.74, 6) is -0.443. The highest BCUT2D eigenvalue weighted by Crippen LogP contribution is 2.25. The molecule has 8 heteroatoms. The number of carbonyl (C=O) groups is 2. The number of hydrogen-bond donors (Lipinski definition) is 1. The molecule has 0 amide bonds. The van der Waals surface area contributed by atoms with Gasteiger partial charge in [-0.25, -0.2) is 0 Å². The molecule has 0 spiro atoms. The van der Waals surface area contributed by atoms with Gasteiger partial charge >= 0.3 is 5.97 Å². The lowest BCUT2D eigenvalue weighted by Gasteiger charge is -2.10. The minimum Gasteiger partial charge on any atom is -0.491 e. The zero-order valence-electron chi connectivity index (χ0n) is 19.6. The van der Waals surface area contributed by atoms with Gasteiger partial charge in [-0.15, -0.1) is 0 Å². The maximum Gasteiger partial charge on any atom is 0.307 e. The second-order valence-corrected chi connectivity index (χ2v) is 7.64. The Morgan fingerprint density at radius 2 is 1.53 bits per heavy atom. The van der Waals surface area contributed by atoms with Crippen LogP contribution in [-0.2, 0) is 25.4 Å². The zero-order chi connectivity index (χ0) is 24.3. The zero-order valence-corrected chi connectivity index (χ0v) is 19.6. The molecule has 2 aromatic carbocycles. The molecular weight excluding hydrogens is 438 g/mol. The van der Waals surface area contributed by atoms with Gasteiger partial charge in [-0.2, -0.15) is 0 Å². The van der Waals surface area contributed by atoms with Crippen LogP contribution in [0.5, 0.6) is 5.75 Å². The molecule has 0 saturated carbocycles. The van der Waals surface area contributed by atoms with Crippen molar-refractivity contribution in [2.24, 2.45) is 0 Å². The van der Waals surface area contributed by atoms with Gasteiger partial charge in [0.05, 0.1) is 45.0 Å². The number of aliphatic carboxylic acids is 1. The van der Waals surface area contributed by atoms with Crippen molar-refractivity contribution < 1.29 is 33.6 Å². The molecule has 34 heavy (non-hydrogen) atoms. The molecule has 1 aromatic heterocycles. The smallest absolute Gasteiger partial charge is 0.307 e. The first-order valence-electron chi connectivity index (χ1n) is 11.3. The van der Waals surface area contributed by atoms with E-state index in [-0.39, 0.29) is 12.3 Å². The molecule has 0 fully saturated rings. The average molecular weight is 470 g/mol. The highest BCUT2D eigenvalue weighted by atomic mass is 16.6. The molecule has 0 aliphatic rings. The molecule has 0 aliphatic carbocycles. The predicted molar refractivity (Wildman–Crippen MR) is 128 cm³/mol. The lowest BCUT2D eigenvalue weighted by molar-refractivity contribution is -0.136. The Labute approximate surface area is 199 Å². The van der Waals surface area contributed by atoms with Crippen molar-refractivity contribution in [3.63, 3.8) is 0 Å². The van der Waals surface area contributed by atoms with E-state index in [1.165, 1.54) is 0 Å². The second kappa shape index (κ2) is 12.9. The second-order valence-electron chi connectivity index (χ2n) is 7.64. The number of rotatable bonds is 14. The van der Waals surface area contributed by atoms with Crippen molar-refractivity contribution in [1.82, 2.24) is 4.57 Å². The van der Waals surface area contributed by atoms with Crippen LogP contribution >= 0.6 is 0 Å². The number of ether oxygens (including phenoxy) is 4. The molecule has 8 nitrogen and oxygen atoms in total. The Morgan fingerprint density at radius 1 is 0.882 bits per heavy atom. The Morgan fingerprint density at radius 3 is 2.18 bits per heavy atom. The minimum absolute atomic E-state index is 0.0916. The Bertz CT molecular complexity index is 1090. The average Bonchev–Trinajstić information content (AvgIpc) is 3.16. The fourth-order valence-corrected chi connectivity index (χ4v) is 3.64. The summed E-state index contributed by atoms with van der Waals surface area (Å²) in [6.07, 6.45) is -0.0916. The van der Waals surface area contributed by atoms with Gasteiger partial charge < -0.3 is 24.1 Å². The van der Waals surface area contributed by atoms with Crippen LogP contribution in [0.25, 0.3) is 10.9 Å². The number of carboxylic acids is 1. The van der Waals surface area contributed by atoms with Crippen LogP contribution < -0.4 is 4.74 Å². The standard InChI is InChI=1S/C26H31NO7/c1-3-31-11-12-32-13-14-33-15-16-34-22-9-7-20(8-10-22)26(30)27-19(2)17-23-21(18-25(28)29)5-4-6-24(23)27/h4-10,17H,3,11-16,18H2,1-2H3,(H,28,29). The number of aryl methyl sites for hydroxylation is 1. The summed E-state index contributed by atoms with van der Waals surface area (Å²) in [4.78, 5) is 24.4. The number of carboxylic acid groups (broad SMARTS) is 1. The molecule has 0 unspecified atom stereocenters. The number of carbonyl (C=O) groups excluding carboxylic acids is 1. The Kier molecular flexibility index (Phi) is 9.63. The van der Waals surface area contributed by atoms with E-state index in [0.717, 1.165) is 11.1 Å². The molecule has 0 aliphatic heterocycles. The van der Waals surface area contributed by atoms with Gasteiger partial charge in [0.15, 0.2) is 0 Å². The van der Waals surface area contributed by atoms with E-state index < -0.39 is 5.97 Å². The number of fused-ring (bicyclic) bond motifs is 1. The molecule has 182 valence electrons. The van der Waals surface area contributed by atoms with E-state index in [1.54, 1.807) is 41.0 Å². The van der Waals surface area contributed by atoms with Crippen molar-refractivity contribution in [1.29, 1.82) is 0 Å². The minimum atomic E-state index is -0.906. The van der Waals surface area contributed by atoms with Gasteiger partial charge in [-0.05, 0) is 55.8 Å². The van der Waals surface area contributed by atoms with E-state index in [2.05, 4.69) is 0 Å². The van der Waals surface area contributed by atoms with Gasteiger partial charge in [0.2, 0.25) is 0 Å². The molecule has 3 rings (SSSR count). The topological polar surface area (TPSA) is 96.2 Å². The van der Waals surface area contributed by atoms with Crippen molar-refractivity contribution in [3.05, 3.63) is 65.4 Å². The normalized spacial score (nSPS) is 11.1. The first-order chi connectivity index (χ1) is 16.5. The molecule has 3 aromatic rings. The maximum absolute atomic E-state index is 13.2. The quantitative estimate of drug-likeness (QED) is 0.360. The predicted octanol–water partition coefficient (Wildman–Crippen LogP) is 3.71. The van der Waals surface area contributed by atoms with E-state index in [0.29, 0.717) is 68.6 Å². The first kappa shape index (κ1) is 25.4. The highest BCUT2D eigenvalue weighted by molar-refractivity contribution is 6.04. The van der Waals surface area contributed by atoms with Gasteiger partial charge in [0.25, 0.3) is 5.91 Å². The summed E-state index contributed by atoms with van der Waals surface area (Å²) in [5, 5.41) is 9.94. The molecule has 1 heterocycles. The molecular formula is C26H31NO7. The van der Waals surface area contributed by atoms with E-state index in [9.17, 15) is 9.59 Å². The van der Waals surface area contributed by atoms with Crippen molar-refractivity contribution >= 4 is 22.8 Å². The number of aromatic nitrogens is 1. The molecule has 0 radical (unpaired) electrons. The molecule has 0 saturated heterocycles. The van der Waals surface area contributed by atoms with E-state index in [1.807, 2.05) is 26.0 Å². The van der Waals surface area contributed by atoms with Crippen LogP contribution in [0.3, 0.4) is 0 Å². The Balaban J connectivity index is 1.52. The number of hydrogen-bond acceptors (Lipinski definition) is 6. The summed E-state index contributed by atoms with van der Waals surface area (Å²) in [6.45, 7) is 7.43. The monoisotopic (exact) mass is 469 g/mol. The largest absolute Gasteiger partial charge is 0.491 e. The lowest BCUT2D eigenvalue weighted by atomic mass is 10.1. The first-order valence-corrected chi connectivity index (χ1v) is 11.3. The third-order valence-electron chi connectivity index (χ3n) is 5.21. The maximum atomic E-state index is 13.2. The van der Waals surface area contributed by atoms with Crippen LogP contribution in [0.4, 0.5) is 0 Å². The third kappa shape index (κ3) is 6.90. The number of nitrogens with zero attached hydrogens (tertiary/aromatic N) is 1. The van der Waals surface area contributed by atoms with E-state index in [4.69, 9.17) is 24.1 Å². The van der Waals surface area contributed by atoms with Gasteiger partial charge in [-0.3, -0.25) is 14.2 Å². The summed E-state index contributed by atoms with van der Waals surface area (Å²) in [7, 11) is 0.